The number of aryl methyl sites for hydroxylation is 1. The number of benzene rings is 1. The largest absolute Gasteiger partial charge is 0.463 e. The molecule has 0 amide bonds. The number of hydrogen-bond donors (Lipinski definition) is 3. The molecule has 1 unspecified atom stereocenters. The van der Waals surface area contributed by atoms with Gasteiger partial charge in [0, 0.05) is 18.7 Å². The fraction of sp³-hybridized carbons (Fsp3) is 0.400. The number of anilines is 1. The summed E-state index contributed by atoms with van der Waals surface area (Å²) in [7, 11) is 0. The van der Waals surface area contributed by atoms with E-state index in [1.165, 1.54) is 0 Å². The second kappa shape index (κ2) is 5.21. The molecule has 0 saturated heterocycles. The zero-order chi connectivity index (χ0) is 11.4. The molecule has 1 rings (SSSR count). The van der Waals surface area contributed by atoms with E-state index in [1.54, 1.807) is 12.1 Å². The lowest BCUT2D eigenvalue weighted by Crippen LogP contribution is -2.17. The van der Waals surface area contributed by atoms with Gasteiger partial charge in [0.05, 0.1) is 5.02 Å². The average molecular weight is 232 g/mol. The Hall–Kier alpha value is -0.970. The van der Waals surface area contributed by atoms with Crippen molar-refractivity contribution in [1.82, 2.24) is 0 Å². The van der Waals surface area contributed by atoms with Crippen LogP contribution in [0.5, 0.6) is 5.75 Å². The maximum atomic E-state index is 9.32. The molecule has 0 spiro atoms. The van der Waals surface area contributed by atoms with Crippen LogP contribution < -0.4 is 10.5 Å². The molecule has 5 heteroatoms. The van der Waals surface area contributed by atoms with Gasteiger partial charge in [0.2, 0.25) is 0 Å². The third-order valence-electron chi connectivity index (χ3n) is 1.96. The van der Waals surface area contributed by atoms with Crippen LogP contribution in [0.15, 0.2) is 12.1 Å². The normalized spacial score (nSPS) is 12.5. The first-order valence-electron chi connectivity index (χ1n) is 4.55. The molecule has 84 valence electrons. The highest BCUT2D eigenvalue weighted by atomic mass is 35.5. The molecule has 0 aliphatic rings. The van der Waals surface area contributed by atoms with E-state index in [0.717, 1.165) is 5.56 Å². The zero-order valence-corrected chi connectivity index (χ0v) is 9.16. The lowest BCUT2D eigenvalue weighted by Gasteiger charge is -2.14. The molecule has 0 saturated carbocycles. The van der Waals surface area contributed by atoms with Crippen molar-refractivity contribution in [3.63, 3.8) is 0 Å². The SMILES string of the molecule is Cc1cc(OC(O)CCO)c(Cl)cc1N. The van der Waals surface area contributed by atoms with E-state index < -0.39 is 6.29 Å². The number of halogens is 1. The van der Waals surface area contributed by atoms with Gasteiger partial charge >= 0.3 is 0 Å². The van der Waals surface area contributed by atoms with Gasteiger partial charge < -0.3 is 20.7 Å². The summed E-state index contributed by atoms with van der Waals surface area (Å²) >= 11 is 5.87. The fourth-order valence-electron chi connectivity index (χ4n) is 1.08. The Morgan fingerprint density at radius 1 is 1.53 bits per heavy atom. The van der Waals surface area contributed by atoms with Gasteiger partial charge in [-0.3, -0.25) is 0 Å². The van der Waals surface area contributed by atoms with E-state index in [4.69, 9.17) is 27.2 Å². The van der Waals surface area contributed by atoms with Gasteiger partial charge in [-0.25, -0.2) is 0 Å². The Labute approximate surface area is 93.2 Å². The quantitative estimate of drug-likeness (QED) is 0.540. The standard InChI is InChI=1S/C10H14ClNO3/c1-6-4-9(7(11)5-8(6)12)15-10(14)2-3-13/h4-5,10,13-14H,2-3,12H2,1H3. The highest BCUT2D eigenvalue weighted by Gasteiger charge is 2.10. The molecule has 1 aromatic rings. The van der Waals surface area contributed by atoms with Crippen molar-refractivity contribution in [1.29, 1.82) is 0 Å². The molecule has 4 N–H and O–H groups in total. The molecule has 0 aliphatic heterocycles. The molecule has 0 heterocycles. The fourth-order valence-corrected chi connectivity index (χ4v) is 1.29. The van der Waals surface area contributed by atoms with Crippen molar-refractivity contribution >= 4 is 17.3 Å². The van der Waals surface area contributed by atoms with Crippen molar-refractivity contribution in [2.45, 2.75) is 19.6 Å². The molecule has 0 radical (unpaired) electrons. The van der Waals surface area contributed by atoms with Crippen molar-refractivity contribution < 1.29 is 14.9 Å². The van der Waals surface area contributed by atoms with Crippen LogP contribution in [0.3, 0.4) is 0 Å². The van der Waals surface area contributed by atoms with Gasteiger partial charge in [0.1, 0.15) is 5.75 Å². The number of rotatable bonds is 4. The summed E-state index contributed by atoms with van der Waals surface area (Å²) in [5.74, 6) is 0.365. The third kappa shape index (κ3) is 3.27. The van der Waals surface area contributed by atoms with Crippen LogP contribution in [0.4, 0.5) is 5.69 Å². The molecule has 0 bridgehead atoms. The van der Waals surface area contributed by atoms with E-state index in [9.17, 15) is 5.11 Å². The van der Waals surface area contributed by atoms with E-state index in [-0.39, 0.29) is 13.0 Å². The minimum Gasteiger partial charge on any atom is -0.463 e. The predicted molar refractivity (Wildman–Crippen MR) is 58.9 cm³/mol. The first kappa shape index (κ1) is 12.1. The first-order chi connectivity index (χ1) is 7.04. The molecule has 1 atom stereocenters. The topological polar surface area (TPSA) is 75.7 Å². The Balaban J connectivity index is 2.81. The first-order valence-corrected chi connectivity index (χ1v) is 4.93. The number of hydrogen-bond acceptors (Lipinski definition) is 4. The molecule has 0 aromatic heterocycles. The van der Waals surface area contributed by atoms with Gasteiger partial charge in [-0.1, -0.05) is 11.6 Å². The van der Waals surface area contributed by atoms with Crippen LogP contribution in [0.1, 0.15) is 12.0 Å². The second-order valence-corrected chi connectivity index (χ2v) is 3.63. The van der Waals surface area contributed by atoms with Crippen LogP contribution in [0.25, 0.3) is 0 Å². The number of ether oxygens (including phenoxy) is 1. The molecule has 15 heavy (non-hydrogen) atoms. The number of nitrogen functional groups attached to an aromatic ring is 1. The number of nitrogens with two attached hydrogens (primary N) is 1. The lowest BCUT2D eigenvalue weighted by atomic mass is 10.2. The summed E-state index contributed by atoms with van der Waals surface area (Å²) < 4.78 is 5.13. The molecular formula is C10H14ClNO3. The Morgan fingerprint density at radius 2 is 2.20 bits per heavy atom. The molecule has 0 aliphatic carbocycles. The van der Waals surface area contributed by atoms with Gasteiger partial charge in [0.25, 0.3) is 0 Å². The summed E-state index contributed by atoms with van der Waals surface area (Å²) in [4.78, 5) is 0. The Morgan fingerprint density at radius 3 is 2.80 bits per heavy atom. The van der Waals surface area contributed by atoms with Crippen LogP contribution >= 0.6 is 11.6 Å². The van der Waals surface area contributed by atoms with Gasteiger partial charge in [-0.05, 0) is 24.6 Å². The Bertz CT molecular complexity index is 344. The van der Waals surface area contributed by atoms with Crippen molar-refractivity contribution in [2.75, 3.05) is 12.3 Å². The monoisotopic (exact) mass is 231 g/mol. The van der Waals surface area contributed by atoms with Crippen molar-refractivity contribution in [3.8, 4) is 5.75 Å². The maximum Gasteiger partial charge on any atom is 0.199 e. The molecule has 4 nitrogen and oxygen atoms in total. The molecule has 0 fully saturated rings. The predicted octanol–water partition coefficient (Wildman–Crippen LogP) is 1.31. The van der Waals surface area contributed by atoms with E-state index in [1.807, 2.05) is 6.92 Å². The van der Waals surface area contributed by atoms with Crippen LogP contribution in [0.2, 0.25) is 5.02 Å². The highest BCUT2D eigenvalue weighted by molar-refractivity contribution is 6.32. The van der Waals surface area contributed by atoms with E-state index >= 15 is 0 Å². The summed E-state index contributed by atoms with van der Waals surface area (Å²) in [5, 5.41) is 18.2. The van der Waals surface area contributed by atoms with E-state index in [2.05, 4.69) is 0 Å². The number of aliphatic hydroxyl groups is 2. The lowest BCUT2D eigenvalue weighted by molar-refractivity contribution is -0.0326. The average Bonchev–Trinajstić information content (AvgIpc) is 2.14. The number of aliphatic hydroxyl groups excluding tert-OH is 2. The third-order valence-corrected chi connectivity index (χ3v) is 2.25. The summed E-state index contributed by atoms with van der Waals surface area (Å²) in [6, 6.07) is 3.22. The molecule has 1 aromatic carbocycles. The zero-order valence-electron chi connectivity index (χ0n) is 8.40. The van der Waals surface area contributed by atoms with Crippen LogP contribution in [-0.2, 0) is 0 Å². The molecular weight excluding hydrogens is 218 g/mol. The maximum absolute atomic E-state index is 9.32. The smallest absolute Gasteiger partial charge is 0.199 e. The van der Waals surface area contributed by atoms with E-state index in [0.29, 0.717) is 16.5 Å². The highest BCUT2D eigenvalue weighted by Crippen LogP contribution is 2.30. The summed E-state index contributed by atoms with van der Waals surface area (Å²) in [5.41, 5.74) is 7.03. The minimum atomic E-state index is -1.06. The summed E-state index contributed by atoms with van der Waals surface area (Å²) in [6.07, 6.45) is -0.921. The van der Waals surface area contributed by atoms with Crippen LogP contribution in [-0.4, -0.2) is 23.1 Å². The van der Waals surface area contributed by atoms with Gasteiger partial charge in [-0.15, -0.1) is 0 Å². The second-order valence-electron chi connectivity index (χ2n) is 3.22. The van der Waals surface area contributed by atoms with Crippen LogP contribution in [0, 0.1) is 6.92 Å². The van der Waals surface area contributed by atoms with Crippen molar-refractivity contribution in [2.24, 2.45) is 0 Å². The Kier molecular flexibility index (Phi) is 4.20. The van der Waals surface area contributed by atoms with Gasteiger partial charge in [0.15, 0.2) is 6.29 Å². The minimum absolute atomic E-state index is 0.139. The summed E-state index contributed by atoms with van der Waals surface area (Å²) in [6.45, 7) is 1.67. The van der Waals surface area contributed by atoms with Crippen molar-refractivity contribution in [3.05, 3.63) is 22.7 Å². The van der Waals surface area contributed by atoms with Gasteiger partial charge in [-0.2, -0.15) is 0 Å².